The van der Waals surface area contributed by atoms with Gasteiger partial charge in [0.15, 0.2) is 21.9 Å². The maximum absolute atomic E-state index is 14.9. The summed E-state index contributed by atoms with van der Waals surface area (Å²) < 4.78 is 48.4. The number of benzene rings is 1. The van der Waals surface area contributed by atoms with Crippen LogP contribution in [0.2, 0.25) is 0 Å². The second kappa shape index (κ2) is 10.3. The Morgan fingerprint density at radius 1 is 1.10 bits per heavy atom. The lowest BCUT2D eigenvalue weighted by Crippen LogP contribution is -2.20. The van der Waals surface area contributed by atoms with Crippen molar-refractivity contribution in [1.82, 2.24) is 29.3 Å². The van der Waals surface area contributed by atoms with E-state index in [1.165, 1.54) is 12.1 Å². The maximum atomic E-state index is 14.9. The first-order valence-corrected chi connectivity index (χ1v) is 15.2. The van der Waals surface area contributed by atoms with E-state index in [2.05, 4.69) is 15.6 Å². The molecular weight excluding hydrogens is 535 g/mol. The predicted octanol–water partition coefficient (Wildman–Crippen LogP) is 4.99. The molecule has 40 heavy (non-hydrogen) atoms. The molecule has 2 aliphatic rings. The lowest BCUT2D eigenvalue weighted by molar-refractivity contribution is -0.0404. The molecule has 2 fully saturated rings. The number of rotatable bonds is 8. The van der Waals surface area contributed by atoms with Crippen molar-refractivity contribution in [3.63, 3.8) is 0 Å². The number of hydrogen-bond donors (Lipinski definition) is 2. The Labute approximate surface area is 231 Å². The quantitative estimate of drug-likeness (QED) is 0.303. The van der Waals surface area contributed by atoms with Crippen LogP contribution in [-0.4, -0.2) is 50.6 Å². The molecule has 13 heteroatoms. The fraction of sp³-hybridized carbons (Fsp3) is 0.407. The van der Waals surface area contributed by atoms with Gasteiger partial charge in [-0.15, -0.1) is 0 Å². The molecule has 1 aliphatic heterocycles. The minimum absolute atomic E-state index is 0.0547. The Kier molecular flexibility index (Phi) is 6.78. The fourth-order valence-electron chi connectivity index (χ4n) is 4.94. The molecule has 1 aliphatic carbocycles. The van der Waals surface area contributed by atoms with Gasteiger partial charge in [-0.1, -0.05) is 0 Å². The Balaban J connectivity index is 1.41. The van der Waals surface area contributed by atoms with Gasteiger partial charge in [0.2, 0.25) is 5.95 Å². The maximum Gasteiger partial charge on any atom is 0.229 e. The number of nitrogens with zero attached hydrogens (tertiary/aromatic N) is 6. The Hall–Kier alpha value is -3.84. The van der Waals surface area contributed by atoms with Crippen LogP contribution in [0.4, 0.5) is 27.7 Å². The molecule has 1 aromatic carbocycles. The molecule has 0 amide bonds. The van der Waals surface area contributed by atoms with Crippen LogP contribution >= 0.6 is 0 Å². The zero-order valence-electron chi connectivity index (χ0n) is 22.6. The SMILES string of the molecule is Cc1cc(Nc2nc(Nc3ccc(S(C)(=O)=O)cc3F)nc(-c3cn(C)cn3)c2C2CC2)nn1C1CCCCO1. The van der Waals surface area contributed by atoms with E-state index in [4.69, 9.17) is 19.8 Å². The van der Waals surface area contributed by atoms with Crippen molar-refractivity contribution in [2.24, 2.45) is 7.05 Å². The van der Waals surface area contributed by atoms with E-state index in [0.29, 0.717) is 29.6 Å². The van der Waals surface area contributed by atoms with Crippen molar-refractivity contribution in [3.8, 4) is 11.4 Å². The van der Waals surface area contributed by atoms with Crippen molar-refractivity contribution in [2.45, 2.75) is 56.1 Å². The second-order valence-electron chi connectivity index (χ2n) is 10.5. The standard InChI is InChI=1S/C27H31FN8O3S/c1-16-12-22(34-36(16)23-6-4-5-11-39-23)31-26-24(17-7-8-17)25(21-14-35(2)15-29-21)32-27(33-26)30-20-10-9-18(13-19(20)28)40(3,37)38/h9-10,12-15,17,23H,4-8,11H2,1-3H3,(H2,30,31,32,33,34). The summed E-state index contributed by atoms with van der Waals surface area (Å²) in [6.45, 7) is 2.71. The molecule has 1 atom stereocenters. The van der Waals surface area contributed by atoms with Crippen molar-refractivity contribution in [1.29, 1.82) is 0 Å². The van der Waals surface area contributed by atoms with Crippen LogP contribution in [0.25, 0.3) is 11.4 Å². The number of aromatic nitrogens is 6. The number of imidazole rings is 1. The summed E-state index contributed by atoms with van der Waals surface area (Å²) in [7, 11) is -1.67. The van der Waals surface area contributed by atoms with Gasteiger partial charge in [0.25, 0.3) is 0 Å². The highest BCUT2D eigenvalue weighted by Gasteiger charge is 2.33. The molecule has 2 N–H and O–H groups in total. The number of ether oxygens (including phenoxy) is 1. The van der Waals surface area contributed by atoms with E-state index in [1.54, 1.807) is 6.33 Å². The average Bonchev–Trinajstić information content (AvgIpc) is 3.55. The smallest absolute Gasteiger partial charge is 0.229 e. The van der Waals surface area contributed by atoms with Crippen LogP contribution in [0.5, 0.6) is 0 Å². The minimum atomic E-state index is -3.55. The first kappa shape index (κ1) is 26.4. The van der Waals surface area contributed by atoms with E-state index < -0.39 is 15.7 Å². The highest BCUT2D eigenvalue weighted by Crippen LogP contribution is 2.47. The van der Waals surface area contributed by atoms with Crippen molar-refractivity contribution < 1.29 is 17.5 Å². The van der Waals surface area contributed by atoms with Gasteiger partial charge in [0, 0.05) is 43.4 Å². The summed E-state index contributed by atoms with van der Waals surface area (Å²) in [5.74, 6) is 0.847. The number of halogens is 1. The molecule has 4 heterocycles. The number of aryl methyl sites for hydroxylation is 2. The zero-order valence-corrected chi connectivity index (χ0v) is 23.4. The third kappa shape index (κ3) is 5.43. The van der Waals surface area contributed by atoms with Crippen LogP contribution in [-0.2, 0) is 21.6 Å². The van der Waals surface area contributed by atoms with Gasteiger partial charge in [-0.3, -0.25) is 0 Å². The number of hydrogen-bond acceptors (Lipinski definition) is 9. The Morgan fingerprint density at radius 3 is 2.58 bits per heavy atom. The monoisotopic (exact) mass is 566 g/mol. The van der Waals surface area contributed by atoms with Gasteiger partial charge in [-0.25, -0.2) is 27.5 Å². The highest BCUT2D eigenvalue weighted by atomic mass is 32.2. The van der Waals surface area contributed by atoms with E-state index >= 15 is 0 Å². The molecule has 11 nitrogen and oxygen atoms in total. The van der Waals surface area contributed by atoms with Crippen molar-refractivity contribution in [3.05, 3.63) is 53.9 Å². The number of anilines is 4. The van der Waals surface area contributed by atoms with Gasteiger partial charge in [-0.2, -0.15) is 10.1 Å². The first-order valence-electron chi connectivity index (χ1n) is 13.3. The summed E-state index contributed by atoms with van der Waals surface area (Å²) in [6.07, 6.45) is 9.56. The Bertz CT molecular complexity index is 1670. The fourth-order valence-corrected chi connectivity index (χ4v) is 5.57. The zero-order chi connectivity index (χ0) is 28.0. The second-order valence-corrected chi connectivity index (χ2v) is 12.5. The Morgan fingerprint density at radius 2 is 1.93 bits per heavy atom. The molecule has 1 unspecified atom stereocenters. The largest absolute Gasteiger partial charge is 0.357 e. The van der Waals surface area contributed by atoms with Crippen molar-refractivity contribution in [2.75, 3.05) is 23.5 Å². The summed E-state index contributed by atoms with van der Waals surface area (Å²) in [4.78, 5) is 13.9. The summed E-state index contributed by atoms with van der Waals surface area (Å²) in [5, 5.41) is 11.1. The number of sulfone groups is 1. The first-order chi connectivity index (χ1) is 19.2. The minimum Gasteiger partial charge on any atom is -0.357 e. The summed E-state index contributed by atoms with van der Waals surface area (Å²) in [5.41, 5.74) is 3.26. The average molecular weight is 567 g/mol. The van der Waals surface area contributed by atoms with Gasteiger partial charge < -0.3 is 19.9 Å². The lowest BCUT2D eigenvalue weighted by atomic mass is 10.1. The van der Waals surface area contributed by atoms with E-state index in [9.17, 15) is 12.8 Å². The molecule has 0 bridgehead atoms. The number of nitrogens with one attached hydrogen (secondary N) is 2. The molecule has 0 spiro atoms. The van der Waals surface area contributed by atoms with Gasteiger partial charge in [0.1, 0.15) is 23.0 Å². The molecule has 3 aromatic heterocycles. The molecule has 210 valence electrons. The lowest BCUT2D eigenvalue weighted by Gasteiger charge is -2.23. The van der Waals surface area contributed by atoms with E-state index in [0.717, 1.165) is 55.7 Å². The van der Waals surface area contributed by atoms with Crippen molar-refractivity contribution >= 4 is 33.1 Å². The van der Waals surface area contributed by atoms with Crippen LogP contribution in [0.1, 0.15) is 55.5 Å². The summed E-state index contributed by atoms with van der Waals surface area (Å²) >= 11 is 0. The van der Waals surface area contributed by atoms with Gasteiger partial charge >= 0.3 is 0 Å². The third-order valence-electron chi connectivity index (χ3n) is 7.09. The topological polar surface area (TPSA) is 129 Å². The third-order valence-corrected chi connectivity index (χ3v) is 8.20. The van der Waals surface area contributed by atoms with Gasteiger partial charge in [-0.05, 0) is 63.1 Å². The normalized spacial score (nSPS) is 17.6. The van der Waals surface area contributed by atoms with Gasteiger partial charge in [0.05, 0.1) is 16.9 Å². The molecule has 4 aromatic rings. The highest BCUT2D eigenvalue weighted by molar-refractivity contribution is 7.90. The summed E-state index contributed by atoms with van der Waals surface area (Å²) in [6, 6.07) is 5.65. The molecule has 1 saturated carbocycles. The van der Waals surface area contributed by atoms with Crippen LogP contribution in [0.15, 0.2) is 41.7 Å². The molecule has 0 radical (unpaired) electrons. The van der Waals surface area contributed by atoms with E-state index in [-0.39, 0.29) is 28.7 Å². The molecule has 6 rings (SSSR count). The van der Waals surface area contributed by atoms with Crippen LogP contribution in [0.3, 0.4) is 0 Å². The van der Waals surface area contributed by atoms with Crippen LogP contribution in [0, 0.1) is 12.7 Å². The molecule has 1 saturated heterocycles. The van der Waals surface area contributed by atoms with Crippen LogP contribution < -0.4 is 10.6 Å². The van der Waals surface area contributed by atoms with E-state index in [1.807, 2.05) is 35.5 Å². The predicted molar refractivity (Wildman–Crippen MR) is 148 cm³/mol. The molecular formula is C27H31FN8O3S.